The molecule has 1 aromatic heterocycles. The lowest BCUT2D eigenvalue weighted by Crippen LogP contribution is -2.58. The zero-order valence-corrected chi connectivity index (χ0v) is 13.4. The van der Waals surface area contributed by atoms with Crippen molar-refractivity contribution < 1.29 is 0 Å². The second kappa shape index (κ2) is 5.61. The van der Waals surface area contributed by atoms with Crippen LogP contribution in [0, 0.1) is 0 Å². The van der Waals surface area contributed by atoms with E-state index in [1.165, 1.54) is 23.9 Å². The van der Waals surface area contributed by atoms with Gasteiger partial charge in [0.15, 0.2) is 0 Å². The fourth-order valence-corrected chi connectivity index (χ4v) is 3.59. The number of hydrogen-bond acceptors (Lipinski definition) is 4. The van der Waals surface area contributed by atoms with E-state index in [0.29, 0.717) is 17.3 Å². The molecule has 1 spiro atoms. The van der Waals surface area contributed by atoms with Crippen LogP contribution in [0.25, 0.3) is 0 Å². The molecular weight excluding hydrogens is 288 g/mol. The second-order valence-corrected chi connectivity index (χ2v) is 6.99. The van der Waals surface area contributed by atoms with E-state index < -0.39 is 0 Å². The van der Waals surface area contributed by atoms with Gasteiger partial charge >= 0.3 is 0 Å². The van der Waals surface area contributed by atoms with Gasteiger partial charge in [0.05, 0.1) is 17.9 Å². The van der Waals surface area contributed by atoms with Crippen LogP contribution in [0.1, 0.15) is 52.0 Å². The lowest BCUT2D eigenvalue weighted by atomic mass is 9.70. The van der Waals surface area contributed by atoms with Gasteiger partial charge in [0.1, 0.15) is 5.02 Å². The lowest BCUT2D eigenvalue weighted by Gasteiger charge is -2.48. The first-order chi connectivity index (χ1) is 10.0. The quantitative estimate of drug-likeness (QED) is 0.901. The van der Waals surface area contributed by atoms with Crippen LogP contribution in [0.5, 0.6) is 0 Å². The molecule has 2 aliphatic rings. The zero-order valence-electron chi connectivity index (χ0n) is 12.7. The molecule has 1 aromatic rings. The minimum atomic E-state index is -0.219. The summed E-state index contributed by atoms with van der Waals surface area (Å²) in [5, 5.41) is 11.5. The third-order valence-electron chi connectivity index (χ3n) is 4.73. The van der Waals surface area contributed by atoms with Crippen LogP contribution in [0.2, 0.25) is 5.02 Å². The van der Waals surface area contributed by atoms with E-state index in [1.54, 1.807) is 6.20 Å². The van der Waals surface area contributed by atoms with E-state index in [1.807, 2.05) is 13.8 Å². The van der Waals surface area contributed by atoms with Gasteiger partial charge in [-0.2, -0.15) is 5.10 Å². The molecule has 1 unspecified atom stereocenters. The molecule has 0 bridgehead atoms. The maximum Gasteiger partial charge on any atom is 0.287 e. The lowest BCUT2D eigenvalue weighted by molar-refractivity contribution is 0.135. The summed E-state index contributed by atoms with van der Waals surface area (Å²) in [4.78, 5) is 12.2. The van der Waals surface area contributed by atoms with Crippen molar-refractivity contribution in [2.75, 3.05) is 11.9 Å². The Morgan fingerprint density at radius 2 is 2.29 bits per heavy atom. The molecule has 21 heavy (non-hydrogen) atoms. The second-order valence-electron chi connectivity index (χ2n) is 6.61. The summed E-state index contributed by atoms with van der Waals surface area (Å²) >= 11 is 6.23. The maximum atomic E-state index is 12.2. The van der Waals surface area contributed by atoms with Gasteiger partial charge in [-0.05, 0) is 52.5 Å². The third kappa shape index (κ3) is 2.81. The monoisotopic (exact) mass is 310 g/mol. The summed E-state index contributed by atoms with van der Waals surface area (Å²) in [7, 11) is 0. The number of hydrogen-bond donors (Lipinski definition) is 2. The van der Waals surface area contributed by atoms with Crippen molar-refractivity contribution in [1.29, 1.82) is 0 Å². The minimum Gasteiger partial charge on any atom is -0.380 e. The highest BCUT2D eigenvalue weighted by Crippen LogP contribution is 2.39. The number of anilines is 1. The summed E-state index contributed by atoms with van der Waals surface area (Å²) in [6.45, 7) is 4.86. The predicted octanol–water partition coefficient (Wildman–Crippen LogP) is 2.56. The predicted molar refractivity (Wildman–Crippen MR) is 85.1 cm³/mol. The Labute approximate surface area is 130 Å². The first kappa shape index (κ1) is 14.9. The molecule has 0 amide bonds. The molecule has 5 nitrogen and oxygen atoms in total. The summed E-state index contributed by atoms with van der Waals surface area (Å²) in [6, 6.07) is 0.376. The average Bonchev–Trinajstić information content (AvgIpc) is 2.42. The van der Waals surface area contributed by atoms with Crippen molar-refractivity contribution in [1.82, 2.24) is 15.1 Å². The van der Waals surface area contributed by atoms with Crippen LogP contribution < -0.4 is 16.2 Å². The average molecular weight is 311 g/mol. The molecule has 0 aromatic carbocycles. The van der Waals surface area contributed by atoms with Crippen molar-refractivity contribution in [3.8, 4) is 0 Å². The highest BCUT2D eigenvalue weighted by atomic mass is 35.5. The molecule has 1 saturated heterocycles. The van der Waals surface area contributed by atoms with Gasteiger partial charge in [0.2, 0.25) is 0 Å². The van der Waals surface area contributed by atoms with E-state index in [0.717, 1.165) is 19.4 Å². The van der Waals surface area contributed by atoms with Gasteiger partial charge < -0.3 is 10.6 Å². The SMILES string of the molecule is CC(C)n1ncc(NC2CCNC3(CCC3)C2)c(Cl)c1=O. The molecule has 6 heteroatoms. The number of piperidine rings is 1. The van der Waals surface area contributed by atoms with E-state index >= 15 is 0 Å². The molecule has 0 radical (unpaired) electrons. The van der Waals surface area contributed by atoms with E-state index in [4.69, 9.17) is 11.6 Å². The Morgan fingerprint density at radius 1 is 1.52 bits per heavy atom. The van der Waals surface area contributed by atoms with Crippen LogP contribution in [0.15, 0.2) is 11.0 Å². The van der Waals surface area contributed by atoms with E-state index in [9.17, 15) is 4.79 Å². The number of nitrogens with one attached hydrogen (secondary N) is 2. The topological polar surface area (TPSA) is 59.0 Å². The van der Waals surface area contributed by atoms with Crippen LogP contribution >= 0.6 is 11.6 Å². The van der Waals surface area contributed by atoms with Crippen LogP contribution in [-0.2, 0) is 0 Å². The summed E-state index contributed by atoms with van der Waals surface area (Å²) in [6.07, 6.45) is 7.64. The molecule has 2 fully saturated rings. The van der Waals surface area contributed by atoms with Crippen molar-refractivity contribution in [2.45, 2.75) is 63.6 Å². The van der Waals surface area contributed by atoms with Gasteiger partial charge in [-0.15, -0.1) is 0 Å². The molecule has 3 rings (SSSR count). The fraction of sp³-hybridized carbons (Fsp3) is 0.733. The van der Waals surface area contributed by atoms with Crippen LogP contribution in [-0.4, -0.2) is 27.9 Å². The first-order valence-electron chi connectivity index (χ1n) is 7.80. The van der Waals surface area contributed by atoms with Crippen LogP contribution in [0.3, 0.4) is 0 Å². The van der Waals surface area contributed by atoms with Gasteiger partial charge in [-0.25, -0.2) is 4.68 Å². The Morgan fingerprint density at radius 3 is 2.90 bits per heavy atom. The molecular formula is C15H23ClN4O. The van der Waals surface area contributed by atoms with E-state index in [-0.39, 0.29) is 16.6 Å². The largest absolute Gasteiger partial charge is 0.380 e. The standard InChI is InChI=1S/C15H23ClN4O/c1-10(2)20-14(21)13(16)12(9-18-20)19-11-4-7-17-15(8-11)5-3-6-15/h9-11,17,19H,3-8H2,1-2H3. The van der Waals surface area contributed by atoms with E-state index in [2.05, 4.69) is 15.7 Å². The Balaban J connectivity index is 1.76. The normalized spacial score (nSPS) is 24.1. The highest BCUT2D eigenvalue weighted by molar-refractivity contribution is 6.32. The summed E-state index contributed by atoms with van der Waals surface area (Å²) in [5.41, 5.74) is 0.770. The number of halogens is 1. The summed E-state index contributed by atoms with van der Waals surface area (Å²) < 4.78 is 1.42. The maximum absolute atomic E-state index is 12.2. The Bertz CT molecular complexity index is 580. The van der Waals surface area contributed by atoms with Crippen molar-refractivity contribution >= 4 is 17.3 Å². The van der Waals surface area contributed by atoms with Gasteiger partial charge in [-0.1, -0.05) is 11.6 Å². The smallest absolute Gasteiger partial charge is 0.287 e. The van der Waals surface area contributed by atoms with Crippen LogP contribution in [0.4, 0.5) is 5.69 Å². The molecule has 1 saturated carbocycles. The first-order valence-corrected chi connectivity index (χ1v) is 8.17. The van der Waals surface area contributed by atoms with Gasteiger partial charge in [-0.3, -0.25) is 4.79 Å². The molecule has 1 atom stereocenters. The number of aromatic nitrogens is 2. The number of nitrogens with zero attached hydrogens (tertiary/aromatic N) is 2. The molecule has 116 valence electrons. The van der Waals surface area contributed by atoms with Crippen molar-refractivity contribution in [3.05, 3.63) is 21.6 Å². The molecule has 2 heterocycles. The highest BCUT2D eigenvalue weighted by Gasteiger charge is 2.40. The summed E-state index contributed by atoms with van der Waals surface area (Å²) in [5.74, 6) is 0. The van der Waals surface area contributed by atoms with Crippen molar-refractivity contribution in [3.63, 3.8) is 0 Å². The Hall–Kier alpha value is -1.07. The molecule has 2 N–H and O–H groups in total. The van der Waals surface area contributed by atoms with Gasteiger partial charge in [0.25, 0.3) is 5.56 Å². The van der Waals surface area contributed by atoms with Crippen molar-refractivity contribution in [2.24, 2.45) is 0 Å². The van der Waals surface area contributed by atoms with Gasteiger partial charge in [0, 0.05) is 11.6 Å². The fourth-order valence-electron chi connectivity index (χ4n) is 3.40. The Kier molecular flexibility index (Phi) is 3.97. The molecule has 1 aliphatic heterocycles. The molecule has 1 aliphatic carbocycles. The minimum absolute atomic E-state index is 0.0150. The third-order valence-corrected chi connectivity index (χ3v) is 5.10. The number of rotatable bonds is 3. The zero-order chi connectivity index (χ0) is 15.0.